The van der Waals surface area contributed by atoms with Crippen molar-refractivity contribution in [2.45, 2.75) is 13.3 Å². The van der Waals surface area contributed by atoms with E-state index in [1.165, 1.54) is 13.0 Å². The Morgan fingerprint density at radius 3 is 2.89 bits per heavy atom. The topological polar surface area (TPSA) is 43.4 Å². The molecule has 0 unspecified atom stereocenters. The molecule has 0 radical (unpaired) electrons. The van der Waals surface area contributed by atoms with E-state index in [-0.39, 0.29) is 12.6 Å². The molecule has 50 valence electrons. The molecule has 0 aliphatic heterocycles. The molecule has 0 heterocycles. The first-order valence-corrected chi connectivity index (χ1v) is 2.60. The molecular weight excluding hydrogens is 120 g/mol. The minimum atomic E-state index is -0.325. The zero-order chi connectivity index (χ0) is 7.11. The van der Waals surface area contributed by atoms with Crippen molar-refractivity contribution in [2.24, 2.45) is 0 Å². The molecule has 0 fully saturated rings. The Hall–Kier alpha value is -1.08. The summed E-state index contributed by atoms with van der Waals surface area (Å²) < 4.78 is 4.49. The zero-order valence-electron chi connectivity index (χ0n) is 5.22. The largest absolute Gasteiger partial charge is 0.466 e. The number of esters is 1. The maximum atomic E-state index is 10.1. The van der Waals surface area contributed by atoms with Crippen LogP contribution in [-0.2, 0) is 14.3 Å². The molecule has 0 aliphatic rings. The molecule has 0 aromatic heterocycles. The van der Waals surface area contributed by atoms with E-state index < -0.39 is 0 Å². The lowest BCUT2D eigenvalue weighted by molar-refractivity contribution is -0.140. The van der Waals surface area contributed by atoms with Crippen molar-refractivity contribution in [2.75, 3.05) is 6.61 Å². The highest BCUT2D eigenvalue weighted by atomic mass is 16.5. The van der Waals surface area contributed by atoms with Gasteiger partial charge >= 0.3 is 5.97 Å². The van der Waals surface area contributed by atoms with Gasteiger partial charge in [-0.1, -0.05) is 0 Å². The van der Waals surface area contributed by atoms with Crippen molar-refractivity contribution in [3.05, 3.63) is 6.08 Å². The number of rotatable bonds is 3. The van der Waals surface area contributed by atoms with Gasteiger partial charge in [0, 0.05) is 19.4 Å². The summed E-state index contributed by atoms with van der Waals surface area (Å²) in [6.45, 7) is 1.59. The lowest BCUT2D eigenvalue weighted by atomic mass is 10.4. The van der Waals surface area contributed by atoms with Crippen LogP contribution in [0.4, 0.5) is 0 Å². The van der Waals surface area contributed by atoms with Crippen LogP contribution in [0.2, 0.25) is 0 Å². The smallest absolute Gasteiger partial charge is 0.302 e. The van der Waals surface area contributed by atoms with Gasteiger partial charge in [-0.3, -0.25) is 4.79 Å². The Morgan fingerprint density at radius 1 is 1.78 bits per heavy atom. The monoisotopic (exact) mass is 128 g/mol. The van der Waals surface area contributed by atoms with Crippen LogP contribution in [0.5, 0.6) is 0 Å². The first-order valence-electron chi connectivity index (χ1n) is 2.60. The van der Waals surface area contributed by atoms with Crippen LogP contribution in [-0.4, -0.2) is 18.5 Å². The van der Waals surface area contributed by atoms with Gasteiger partial charge in [-0.2, -0.15) is 0 Å². The highest BCUT2D eigenvalue weighted by molar-refractivity contribution is 5.65. The fraction of sp³-hybridized carbons (Fsp3) is 0.500. The van der Waals surface area contributed by atoms with Gasteiger partial charge in [-0.25, -0.2) is 4.79 Å². The van der Waals surface area contributed by atoms with Gasteiger partial charge < -0.3 is 4.74 Å². The Kier molecular flexibility index (Phi) is 4.46. The van der Waals surface area contributed by atoms with Gasteiger partial charge in [0.1, 0.15) is 5.94 Å². The third-order valence-electron chi connectivity index (χ3n) is 0.651. The second kappa shape index (κ2) is 5.06. The molecule has 0 spiro atoms. The fourth-order valence-corrected chi connectivity index (χ4v) is 0.321. The molecule has 0 aliphatic carbocycles. The summed E-state index contributed by atoms with van der Waals surface area (Å²) in [5.41, 5.74) is 0. The summed E-state index contributed by atoms with van der Waals surface area (Å²) in [4.78, 5) is 19.6. The van der Waals surface area contributed by atoms with E-state index in [1.807, 2.05) is 0 Å². The average Bonchev–Trinajstić information content (AvgIpc) is 1.80. The molecule has 0 aromatic rings. The number of hydrogen-bond donors (Lipinski definition) is 0. The molecule has 3 heteroatoms. The molecule has 0 atom stereocenters. The van der Waals surface area contributed by atoms with Gasteiger partial charge in [0.15, 0.2) is 0 Å². The van der Waals surface area contributed by atoms with Crippen LogP contribution in [0.3, 0.4) is 0 Å². The molecule has 9 heavy (non-hydrogen) atoms. The molecule has 0 rings (SSSR count). The molecule has 0 bridgehead atoms. The number of hydrogen-bond acceptors (Lipinski definition) is 3. The van der Waals surface area contributed by atoms with E-state index in [0.717, 1.165) is 0 Å². The number of carbonyl (C=O) groups is 1. The van der Waals surface area contributed by atoms with Crippen LogP contribution in [0.25, 0.3) is 0 Å². The lowest BCUT2D eigenvalue weighted by Gasteiger charge is -1.94. The molecule has 0 aromatic carbocycles. The Labute approximate surface area is 53.3 Å². The van der Waals surface area contributed by atoms with Gasteiger partial charge in [0.05, 0.1) is 6.61 Å². The van der Waals surface area contributed by atoms with Gasteiger partial charge in [-0.15, -0.1) is 0 Å². The number of carbonyl (C=O) groups excluding carboxylic acids is 2. The van der Waals surface area contributed by atoms with Crippen LogP contribution >= 0.6 is 0 Å². The second-order valence-electron chi connectivity index (χ2n) is 1.45. The van der Waals surface area contributed by atoms with E-state index in [1.54, 1.807) is 5.94 Å². The van der Waals surface area contributed by atoms with Crippen molar-refractivity contribution in [3.8, 4) is 0 Å². The van der Waals surface area contributed by atoms with Crippen LogP contribution < -0.4 is 0 Å². The minimum absolute atomic E-state index is 0.268. The van der Waals surface area contributed by atoms with Crippen molar-refractivity contribution in [1.29, 1.82) is 0 Å². The van der Waals surface area contributed by atoms with E-state index in [0.29, 0.717) is 6.42 Å². The molecule has 3 nitrogen and oxygen atoms in total. The van der Waals surface area contributed by atoms with Crippen molar-refractivity contribution in [3.63, 3.8) is 0 Å². The fourth-order valence-electron chi connectivity index (χ4n) is 0.321. The lowest BCUT2D eigenvalue weighted by Crippen LogP contribution is -1.98. The summed E-state index contributed by atoms with van der Waals surface area (Å²) in [6, 6.07) is 0. The van der Waals surface area contributed by atoms with Gasteiger partial charge in [0.25, 0.3) is 0 Å². The van der Waals surface area contributed by atoms with E-state index >= 15 is 0 Å². The molecule has 0 N–H and O–H groups in total. The summed E-state index contributed by atoms with van der Waals surface area (Å²) in [7, 11) is 0. The van der Waals surface area contributed by atoms with Crippen molar-refractivity contribution < 1.29 is 14.3 Å². The predicted octanol–water partition coefficient (Wildman–Crippen LogP) is 0.327. The highest BCUT2D eigenvalue weighted by Gasteiger charge is 1.87. The van der Waals surface area contributed by atoms with Crippen LogP contribution in [0, 0.1) is 0 Å². The Bertz CT molecular complexity index is 131. The van der Waals surface area contributed by atoms with E-state index in [4.69, 9.17) is 0 Å². The highest BCUT2D eigenvalue weighted by Crippen LogP contribution is 1.81. The zero-order valence-corrected chi connectivity index (χ0v) is 5.22. The summed E-state index contributed by atoms with van der Waals surface area (Å²) >= 11 is 0. The Morgan fingerprint density at radius 2 is 2.44 bits per heavy atom. The normalized spacial score (nSPS) is 7.67. The first kappa shape index (κ1) is 7.92. The Balaban J connectivity index is 3.10. The minimum Gasteiger partial charge on any atom is -0.466 e. The molecule has 0 amide bonds. The predicted molar refractivity (Wildman–Crippen MR) is 31.5 cm³/mol. The first-order chi connectivity index (χ1) is 4.27. The SMILES string of the molecule is CC(=O)OCCC=C=O. The van der Waals surface area contributed by atoms with Crippen LogP contribution in [0.15, 0.2) is 6.08 Å². The third kappa shape index (κ3) is 6.92. The summed E-state index contributed by atoms with van der Waals surface area (Å²) in [5, 5.41) is 0. The quantitative estimate of drug-likeness (QED) is 0.312. The van der Waals surface area contributed by atoms with Gasteiger partial charge in [0.2, 0.25) is 0 Å². The maximum Gasteiger partial charge on any atom is 0.302 e. The van der Waals surface area contributed by atoms with Crippen LogP contribution in [0.1, 0.15) is 13.3 Å². The average molecular weight is 128 g/mol. The third-order valence-corrected chi connectivity index (χ3v) is 0.651. The van der Waals surface area contributed by atoms with Gasteiger partial charge in [-0.05, 0) is 0 Å². The maximum absolute atomic E-state index is 10.1. The van der Waals surface area contributed by atoms with E-state index in [2.05, 4.69) is 4.74 Å². The summed E-state index contributed by atoms with van der Waals surface area (Å²) in [5.74, 6) is 1.25. The summed E-state index contributed by atoms with van der Waals surface area (Å²) in [6.07, 6.45) is 1.73. The van der Waals surface area contributed by atoms with E-state index in [9.17, 15) is 9.59 Å². The molecule has 0 saturated heterocycles. The molecule has 0 saturated carbocycles. The second-order valence-corrected chi connectivity index (χ2v) is 1.45. The van der Waals surface area contributed by atoms with Crippen molar-refractivity contribution in [1.82, 2.24) is 0 Å². The molecular formula is C6H8O3. The van der Waals surface area contributed by atoms with Crippen molar-refractivity contribution >= 4 is 11.9 Å². The standard InChI is InChI=1S/C6H8O3/c1-6(8)9-5-3-2-4-7/h2H,3,5H2,1H3. The number of ether oxygens (including phenoxy) is 1.